The molecule has 2 aliphatic rings. The van der Waals surface area contributed by atoms with Crippen molar-refractivity contribution in [2.24, 2.45) is 5.92 Å². The summed E-state index contributed by atoms with van der Waals surface area (Å²) in [6.07, 6.45) is 1.70. The van der Waals surface area contributed by atoms with Crippen LogP contribution in [0.2, 0.25) is 0 Å². The van der Waals surface area contributed by atoms with E-state index < -0.39 is 6.04 Å². The van der Waals surface area contributed by atoms with Crippen molar-refractivity contribution in [1.29, 1.82) is 0 Å². The lowest BCUT2D eigenvalue weighted by molar-refractivity contribution is -0.127. The average Bonchev–Trinajstić information content (AvgIpc) is 3.00. The second kappa shape index (κ2) is 7.27. The summed E-state index contributed by atoms with van der Waals surface area (Å²) in [4.78, 5) is 51.3. The van der Waals surface area contributed by atoms with Gasteiger partial charge in [-0.1, -0.05) is 26.0 Å². The molecule has 0 bridgehead atoms. The van der Waals surface area contributed by atoms with E-state index in [-0.39, 0.29) is 30.3 Å². The van der Waals surface area contributed by atoms with Crippen molar-refractivity contribution >= 4 is 23.8 Å². The van der Waals surface area contributed by atoms with Gasteiger partial charge in [-0.3, -0.25) is 24.2 Å². The number of fused-ring (bicyclic) bond motifs is 1. The summed E-state index contributed by atoms with van der Waals surface area (Å²) >= 11 is 0. The van der Waals surface area contributed by atoms with Crippen LogP contribution in [0.3, 0.4) is 0 Å². The second-order valence-electron chi connectivity index (χ2n) is 7.14. The molecule has 1 fully saturated rings. The number of carbonyl (C=O) groups excluding carboxylic acids is 4. The molecule has 7 heteroatoms. The number of rotatable bonds is 7. The van der Waals surface area contributed by atoms with Crippen LogP contribution in [-0.4, -0.2) is 52.7 Å². The highest BCUT2D eigenvalue weighted by Crippen LogP contribution is 2.23. The van der Waals surface area contributed by atoms with Crippen molar-refractivity contribution in [3.63, 3.8) is 0 Å². The third-order valence-corrected chi connectivity index (χ3v) is 4.71. The number of nitrogens with one attached hydrogen (secondary N) is 1. The van der Waals surface area contributed by atoms with Crippen LogP contribution in [0.1, 0.15) is 53.8 Å². The van der Waals surface area contributed by atoms with Crippen LogP contribution in [0.25, 0.3) is 0 Å². The van der Waals surface area contributed by atoms with Gasteiger partial charge in [0.05, 0.1) is 11.1 Å². The van der Waals surface area contributed by atoms with E-state index in [2.05, 4.69) is 5.32 Å². The fraction of sp³-hybridized carbons (Fsp3) is 0.474. The molecule has 0 aromatic heterocycles. The minimum Gasteiger partial charge on any atom is -0.326 e. The summed E-state index contributed by atoms with van der Waals surface area (Å²) in [5.74, 6) is -0.433. The van der Waals surface area contributed by atoms with E-state index in [0.29, 0.717) is 42.9 Å². The lowest BCUT2D eigenvalue weighted by atomic mass is 10.0. The molecule has 7 nitrogen and oxygen atoms in total. The third-order valence-electron chi connectivity index (χ3n) is 4.71. The molecule has 1 saturated heterocycles. The van der Waals surface area contributed by atoms with E-state index in [9.17, 15) is 19.2 Å². The highest BCUT2D eigenvalue weighted by atomic mass is 16.2. The van der Waals surface area contributed by atoms with Gasteiger partial charge >= 0.3 is 6.03 Å². The average molecular weight is 357 g/mol. The molecule has 0 unspecified atom stereocenters. The maximum Gasteiger partial charge on any atom is 0.324 e. The topological polar surface area (TPSA) is 86.8 Å². The summed E-state index contributed by atoms with van der Waals surface area (Å²) in [6.45, 7) is 4.59. The summed E-state index contributed by atoms with van der Waals surface area (Å²) in [5.41, 5.74) is 0.867. The number of imide groups is 2. The molecular weight excluding hydrogens is 334 g/mol. The Labute approximate surface area is 152 Å². The van der Waals surface area contributed by atoms with Crippen LogP contribution in [0.15, 0.2) is 24.3 Å². The Morgan fingerprint density at radius 1 is 0.923 bits per heavy atom. The quantitative estimate of drug-likeness (QED) is 0.459. The first-order chi connectivity index (χ1) is 12.4. The standard InChI is InChI=1S/C19H23N3O4/c1-12(2)11-15-18(25)22(19(26)20-15)10-6-5-9-21-16(23)13-7-3-4-8-14(13)17(21)24/h3-4,7-8,12,15H,5-6,9-11H2,1-2H3,(H,20,26)/t15-/m0/s1. The fourth-order valence-electron chi connectivity index (χ4n) is 3.40. The lowest BCUT2D eigenvalue weighted by Crippen LogP contribution is -2.34. The first kappa shape index (κ1) is 18.1. The first-order valence-electron chi connectivity index (χ1n) is 8.97. The van der Waals surface area contributed by atoms with Crippen molar-refractivity contribution in [2.45, 2.75) is 39.2 Å². The van der Waals surface area contributed by atoms with Gasteiger partial charge in [0.2, 0.25) is 0 Å². The van der Waals surface area contributed by atoms with Gasteiger partial charge < -0.3 is 5.32 Å². The fourth-order valence-corrected chi connectivity index (χ4v) is 3.40. The predicted octanol–water partition coefficient (Wildman–Crippen LogP) is 2.03. The Morgan fingerprint density at radius 3 is 2.00 bits per heavy atom. The smallest absolute Gasteiger partial charge is 0.324 e. The van der Waals surface area contributed by atoms with Gasteiger partial charge in [0, 0.05) is 13.1 Å². The minimum atomic E-state index is -0.446. The number of urea groups is 1. The van der Waals surface area contributed by atoms with Crippen molar-refractivity contribution in [2.75, 3.05) is 13.1 Å². The molecule has 5 amide bonds. The zero-order chi connectivity index (χ0) is 18.8. The van der Waals surface area contributed by atoms with Gasteiger partial charge in [-0.05, 0) is 37.3 Å². The maximum absolute atomic E-state index is 12.3. The van der Waals surface area contributed by atoms with Crippen molar-refractivity contribution < 1.29 is 19.2 Å². The van der Waals surface area contributed by atoms with Gasteiger partial charge in [0.1, 0.15) is 6.04 Å². The molecule has 1 aromatic carbocycles. The second-order valence-corrected chi connectivity index (χ2v) is 7.14. The molecule has 2 aliphatic heterocycles. The van der Waals surface area contributed by atoms with Crippen molar-refractivity contribution in [1.82, 2.24) is 15.1 Å². The SMILES string of the molecule is CC(C)C[C@@H]1NC(=O)N(CCCCN2C(=O)c3ccccc3C2=O)C1=O. The minimum absolute atomic E-state index is 0.190. The number of amides is 5. The Hall–Kier alpha value is -2.70. The van der Waals surface area contributed by atoms with Crippen LogP contribution in [0.5, 0.6) is 0 Å². The van der Waals surface area contributed by atoms with Crippen molar-refractivity contribution in [3.8, 4) is 0 Å². The van der Waals surface area contributed by atoms with Gasteiger partial charge in [-0.15, -0.1) is 0 Å². The maximum atomic E-state index is 12.3. The third kappa shape index (κ3) is 3.34. The highest BCUT2D eigenvalue weighted by molar-refractivity contribution is 6.21. The molecule has 0 radical (unpaired) electrons. The van der Waals surface area contributed by atoms with Gasteiger partial charge in [-0.2, -0.15) is 0 Å². The number of benzene rings is 1. The number of hydrogen-bond donors (Lipinski definition) is 1. The van der Waals surface area contributed by atoms with Crippen LogP contribution >= 0.6 is 0 Å². The summed E-state index contributed by atoms with van der Waals surface area (Å²) in [7, 11) is 0. The summed E-state index contributed by atoms with van der Waals surface area (Å²) in [6, 6.07) is 5.97. The largest absolute Gasteiger partial charge is 0.326 e. The van der Waals surface area contributed by atoms with E-state index in [0.717, 1.165) is 0 Å². The molecule has 2 heterocycles. The molecule has 1 aromatic rings. The number of hydrogen-bond acceptors (Lipinski definition) is 4. The van der Waals surface area contributed by atoms with E-state index >= 15 is 0 Å². The molecular formula is C19H23N3O4. The molecule has 3 rings (SSSR count). The van der Waals surface area contributed by atoms with Crippen molar-refractivity contribution in [3.05, 3.63) is 35.4 Å². The number of unbranched alkanes of at least 4 members (excludes halogenated alkanes) is 1. The Balaban J connectivity index is 1.49. The van der Waals surface area contributed by atoms with Gasteiger partial charge in [0.15, 0.2) is 0 Å². The number of nitrogens with zero attached hydrogens (tertiary/aromatic N) is 2. The van der Waals surface area contributed by atoms with Gasteiger partial charge in [0.25, 0.3) is 17.7 Å². The zero-order valence-electron chi connectivity index (χ0n) is 15.0. The Kier molecular flexibility index (Phi) is 5.06. The lowest BCUT2D eigenvalue weighted by Gasteiger charge is -2.16. The van der Waals surface area contributed by atoms with E-state index in [4.69, 9.17) is 0 Å². The molecule has 1 N–H and O–H groups in total. The Morgan fingerprint density at radius 2 is 1.46 bits per heavy atom. The van der Waals surface area contributed by atoms with E-state index in [1.54, 1.807) is 24.3 Å². The molecule has 26 heavy (non-hydrogen) atoms. The molecule has 138 valence electrons. The summed E-state index contributed by atoms with van der Waals surface area (Å²) < 4.78 is 0. The van der Waals surface area contributed by atoms with Crippen LogP contribution in [0, 0.1) is 5.92 Å². The Bertz CT molecular complexity index is 724. The zero-order valence-corrected chi connectivity index (χ0v) is 15.0. The predicted molar refractivity (Wildman–Crippen MR) is 94.5 cm³/mol. The van der Waals surface area contributed by atoms with Crippen LogP contribution in [-0.2, 0) is 4.79 Å². The first-order valence-corrected chi connectivity index (χ1v) is 8.97. The molecule has 1 atom stereocenters. The van der Waals surface area contributed by atoms with E-state index in [1.807, 2.05) is 13.8 Å². The summed E-state index contributed by atoms with van der Waals surface area (Å²) in [5, 5.41) is 2.71. The number of carbonyl (C=O) groups is 4. The van der Waals surface area contributed by atoms with Gasteiger partial charge in [-0.25, -0.2) is 4.79 Å². The van der Waals surface area contributed by atoms with E-state index in [1.165, 1.54) is 9.80 Å². The molecule has 0 aliphatic carbocycles. The monoisotopic (exact) mass is 357 g/mol. The van der Waals surface area contributed by atoms with Crippen LogP contribution in [0.4, 0.5) is 4.79 Å². The molecule has 0 spiro atoms. The van der Waals surface area contributed by atoms with Crippen LogP contribution < -0.4 is 5.32 Å². The highest BCUT2D eigenvalue weighted by Gasteiger charge is 2.38. The molecule has 0 saturated carbocycles. The normalized spacial score (nSPS) is 19.6.